The Kier molecular flexibility index (Phi) is 9.36. The van der Waals surface area contributed by atoms with Crippen molar-refractivity contribution in [1.29, 1.82) is 0 Å². The molecule has 0 amide bonds. The molecule has 0 aliphatic carbocycles. The lowest BCUT2D eigenvalue weighted by molar-refractivity contribution is -0.314. The first-order valence-corrected chi connectivity index (χ1v) is 11.0. The molecule has 6 unspecified atom stereocenters. The van der Waals surface area contributed by atoms with Crippen molar-refractivity contribution in [3.05, 3.63) is 71.8 Å². The summed E-state index contributed by atoms with van der Waals surface area (Å²) in [5.41, 5.74) is 1.23. The lowest BCUT2D eigenvalue weighted by Gasteiger charge is -2.36. The van der Waals surface area contributed by atoms with Gasteiger partial charge in [0, 0.05) is 23.8 Å². The molecule has 2 aromatic carbocycles. The van der Waals surface area contributed by atoms with Gasteiger partial charge >= 0.3 is 11.9 Å². The van der Waals surface area contributed by atoms with Gasteiger partial charge in [0.05, 0.1) is 11.8 Å². The highest BCUT2D eigenvalue weighted by Crippen LogP contribution is 2.40. The van der Waals surface area contributed by atoms with E-state index in [9.17, 15) is 39.6 Å². The summed E-state index contributed by atoms with van der Waals surface area (Å²) in [6.07, 6.45) is -0.439. The summed E-state index contributed by atoms with van der Waals surface area (Å²) in [7, 11) is 0. The summed E-state index contributed by atoms with van der Waals surface area (Å²) in [4.78, 5) is 48.0. The molecule has 2 N–H and O–H groups in total. The zero-order chi connectivity index (χ0) is 25.4. The Morgan fingerprint density at radius 3 is 1.59 bits per heavy atom. The van der Waals surface area contributed by atoms with Gasteiger partial charge in [-0.25, -0.2) is 0 Å². The quantitative estimate of drug-likeness (QED) is 0.448. The Morgan fingerprint density at radius 1 is 0.706 bits per heavy atom. The molecule has 0 heterocycles. The number of aliphatic carboxylic acids is 4. The number of rotatable bonds is 13. The van der Waals surface area contributed by atoms with Crippen LogP contribution in [0.5, 0.6) is 0 Å². The van der Waals surface area contributed by atoms with Crippen LogP contribution in [0.3, 0.4) is 0 Å². The van der Waals surface area contributed by atoms with Crippen LogP contribution in [0.1, 0.15) is 49.7 Å². The van der Waals surface area contributed by atoms with Gasteiger partial charge in [0.1, 0.15) is 0 Å². The first-order valence-electron chi connectivity index (χ1n) is 11.0. The molecule has 2 aromatic rings. The fourth-order valence-electron chi connectivity index (χ4n) is 4.46. The van der Waals surface area contributed by atoms with E-state index in [1.807, 2.05) is 18.2 Å². The van der Waals surface area contributed by atoms with Crippen molar-refractivity contribution in [3.63, 3.8) is 0 Å². The molecule has 0 aromatic heterocycles. The molecule has 0 saturated heterocycles. The van der Waals surface area contributed by atoms with E-state index in [4.69, 9.17) is 0 Å². The molecule has 34 heavy (non-hydrogen) atoms. The topological polar surface area (TPSA) is 155 Å². The van der Waals surface area contributed by atoms with Crippen molar-refractivity contribution in [1.82, 2.24) is 0 Å². The van der Waals surface area contributed by atoms with Gasteiger partial charge < -0.3 is 30.0 Å². The van der Waals surface area contributed by atoms with E-state index >= 15 is 0 Å². The van der Waals surface area contributed by atoms with Gasteiger partial charge in [0.15, 0.2) is 0 Å². The Hall–Kier alpha value is -3.68. The van der Waals surface area contributed by atoms with E-state index in [0.29, 0.717) is 5.56 Å². The second-order valence-electron chi connectivity index (χ2n) is 8.64. The molecule has 2 rings (SSSR count). The smallest absolute Gasteiger partial charge is 0.307 e. The van der Waals surface area contributed by atoms with Crippen LogP contribution in [0.2, 0.25) is 0 Å². The number of carbonyl (C=O) groups is 4. The Morgan fingerprint density at radius 2 is 1.18 bits per heavy atom. The van der Waals surface area contributed by atoms with Gasteiger partial charge in [-0.2, -0.15) is 0 Å². The lowest BCUT2D eigenvalue weighted by atomic mass is 9.69. The molecule has 0 aliphatic rings. The highest BCUT2D eigenvalue weighted by molar-refractivity contribution is 5.81. The number of carboxylic acid groups (broad SMARTS) is 4. The fraction of sp³-hybridized carbons (Fsp3) is 0.385. The minimum Gasteiger partial charge on any atom is -0.550 e. The van der Waals surface area contributed by atoms with Crippen LogP contribution < -0.4 is 10.2 Å². The average molecular weight is 469 g/mol. The zero-order valence-electron chi connectivity index (χ0n) is 19.0. The van der Waals surface area contributed by atoms with E-state index in [2.05, 4.69) is 0 Å². The van der Waals surface area contributed by atoms with Crippen LogP contribution in [-0.2, 0) is 19.2 Å². The number of hydrogen-bond donors (Lipinski definition) is 2. The van der Waals surface area contributed by atoms with Crippen LogP contribution >= 0.6 is 0 Å². The third-order valence-electron chi connectivity index (χ3n) is 6.46. The van der Waals surface area contributed by atoms with Crippen LogP contribution in [0.15, 0.2) is 60.7 Å². The van der Waals surface area contributed by atoms with E-state index in [0.717, 1.165) is 5.56 Å². The average Bonchev–Trinajstić information content (AvgIpc) is 2.80. The minimum absolute atomic E-state index is 0.0326. The number of carboxylic acids is 4. The van der Waals surface area contributed by atoms with Crippen LogP contribution in [0.4, 0.5) is 0 Å². The molecular weight excluding hydrogens is 440 g/mol. The molecule has 0 spiro atoms. The first-order chi connectivity index (χ1) is 16.0. The van der Waals surface area contributed by atoms with Crippen LogP contribution in [0, 0.1) is 23.7 Å². The first kappa shape index (κ1) is 26.6. The molecule has 6 atom stereocenters. The second kappa shape index (κ2) is 12.0. The van der Waals surface area contributed by atoms with E-state index in [1.165, 1.54) is 6.92 Å². The third-order valence-corrected chi connectivity index (χ3v) is 6.46. The van der Waals surface area contributed by atoms with E-state index < -0.39 is 59.9 Å². The largest absolute Gasteiger partial charge is 0.550 e. The number of benzene rings is 2. The van der Waals surface area contributed by atoms with Gasteiger partial charge in [-0.15, -0.1) is 0 Å². The van der Waals surface area contributed by atoms with Crippen molar-refractivity contribution in [3.8, 4) is 0 Å². The molecular formula is C26H28O8-2. The van der Waals surface area contributed by atoms with Gasteiger partial charge in [-0.3, -0.25) is 9.59 Å². The normalized spacial score (nSPS) is 16.4. The monoisotopic (exact) mass is 468 g/mol. The number of carbonyl (C=O) groups excluding carboxylic acids is 2. The van der Waals surface area contributed by atoms with Crippen molar-refractivity contribution >= 4 is 23.9 Å². The fourth-order valence-corrected chi connectivity index (χ4v) is 4.46. The van der Waals surface area contributed by atoms with Crippen molar-refractivity contribution in [2.45, 2.75) is 38.5 Å². The summed E-state index contributed by atoms with van der Waals surface area (Å²) in [6.45, 7) is 2.96. The lowest BCUT2D eigenvalue weighted by Crippen LogP contribution is -2.45. The number of hydrogen-bond acceptors (Lipinski definition) is 6. The minimum atomic E-state index is -1.63. The highest BCUT2D eigenvalue weighted by atomic mass is 16.4. The van der Waals surface area contributed by atoms with Crippen molar-refractivity contribution < 1.29 is 39.6 Å². The Labute approximate surface area is 197 Å². The zero-order valence-corrected chi connectivity index (χ0v) is 19.0. The maximum absolute atomic E-state index is 12.4. The molecule has 8 nitrogen and oxygen atoms in total. The molecule has 0 aliphatic heterocycles. The molecule has 182 valence electrons. The SMILES string of the molecule is CC(CC(C(=O)O)C(C(=O)[O-])C(CC(C(=O)O)C(C)C(=O)[O-])c1ccccc1)c1ccccc1. The maximum atomic E-state index is 12.4. The third kappa shape index (κ3) is 6.66. The Bertz CT molecular complexity index is 988. The second-order valence-corrected chi connectivity index (χ2v) is 8.64. The van der Waals surface area contributed by atoms with Crippen molar-refractivity contribution in [2.24, 2.45) is 23.7 Å². The van der Waals surface area contributed by atoms with Gasteiger partial charge in [-0.05, 0) is 35.8 Å². The summed E-state index contributed by atoms with van der Waals surface area (Å²) in [5.74, 6) is -13.3. The predicted octanol–water partition coefficient (Wildman–Crippen LogP) is 1.51. The molecule has 0 radical (unpaired) electrons. The predicted molar refractivity (Wildman–Crippen MR) is 118 cm³/mol. The molecule has 0 fully saturated rings. The molecule has 0 saturated carbocycles. The summed E-state index contributed by atoms with van der Waals surface area (Å²) >= 11 is 0. The highest BCUT2D eigenvalue weighted by Gasteiger charge is 2.40. The summed E-state index contributed by atoms with van der Waals surface area (Å²) in [6, 6.07) is 17.1. The van der Waals surface area contributed by atoms with Gasteiger partial charge in [0.25, 0.3) is 0 Å². The van der Waals surface area contributed by atoms with E-state index in [1.54, 1.807) is 49.4 Å². The van der Waals surface area contributed by atoms with E-state index in [-0.39, 0.29) is 12.3 Å². The standard InChI is InChI=1S/C26H30O8/c1-15(17-9-5-3-6-10-17)13-21(25(31)32)22(26(33)34)20(18-11-7-4-8-12-18)14-19(24(29)30)16(2)23(27)28/h3-12,15-16,19-22H,13-14H2,1-2H3,(H,27,28)(H,29,30)(H,31,32)(H,33,34)/p-2. The van der Waals surface area contributed by atoms with Crippen LogP contribution in [0.25, 0.3) is 0 Å². The maximum Gasteiger partial charge on any atom is 0.307 e. The van der Waals surface area contributed by atoms with Crippen LogP contribution in [-0.4, -0.2) is 34.1 Å². The Balaban J connectivity index is 2.53. The van der Waals surface area contributed by atoms with Crippen molar-refractivity contribution in [2.75, 3.05) is 0 Å². The summed E-state index contributed by atoms with van der Waals surface area (Å²) < 4.78 is 0. The van der Waals surface area contributed by atoms with Gasteiger partial charge in [-0.1, -0.05) is 74.5 Å². The molecule has 0 bridgehead atoms. The molecule has 8 heteroatoms. The summed E-state index contributed by atoms with van der Waals surface area (Å²) in [5, 5.41) is 43.5. The van der Waals surface area contributed by atoms with Gasteiger partial charge in [0.2, 0.25) is 0 Å².